The fraction of sp³-hybridized carbons (Fsp3) is 0.857. The van der Waals surface area contributed by atoms with E-state index in [2.05, 4.69) is 13.0 Å². The maximum atomic E-state index is 11.8. The van der Waals surface area contributed by atoms with Crippen molar-refractivity contribution in [3.63, 3.8) is 0 Å². The summed E-state index contributed by atoms with van der Waals surface area (Å²) in [6, 6.07) is 2.65. The molecule has 2 rings (SSSR count). The molecule has 1 saturated carbocycles. The lowest BCUT2D eigenvalue weighted by Crippen LogP contribution is -2.39. The maximum Gasteiger partial charge on any atom is 0.224 e. The van der Waals surface area contributed by atoms with Gasteiger partial charge in [0.25, 0.3) is 0 Å². The van der Waals surface area contributed by atoms with Crippen molar-refractivity contribution in [3.05, 3.63) is 0 Å². The second-order valence-corrected chi connectivity index (χ2v) is 5.54. The van der Waals surface area contributed by atoms with E-state index >= 15 is 0 Å². The fourth-order valence-electron chi connectivity index (χ4n) is 3.32. The summed E-state index contributed by atoms with van der Waals surface area (Å²) in [4.78, 5) is 13.8. The third-order valence-corrected chi connectivity index (χ3v) is 4.29. The Morgan fingerprint density at radius 1 is 1.35 bits per heavy atom. The molecule has 0 aromatic heterocycles. The Balaban J connectivity index is 1.85. The number of rotatable bonds is 3. The highest BCUT2D eigenvalue weighted by atomic mass is 16.2. The van der Waals surface area contributed by atoms with Crippen LogP contribution in [0.1, 0.15) is 51.9 Å². The van der Waals surface area contributed by atoms with Crippen LogP contribution in [0.25, 0.3) is 0 Å². The SMILES string of the molecule is CCCC1CCC(N2CC(C#N)CC2=O)CC1. The molecule has 2 fully saturated rings. The summed E-state index contributed by atoms with van der Waals surface area (Å²) in [7, 11) is 0. The summed E-state index contributed by atoms with van der Waals surface area (Å²) in [6.45, 7) is 2.92. The number of likely N-dealkylation sites (tertiary alicyclic amines) is 1. The number of carbonyl (C=O) groups is 1. The molecule has 0 aromatic carbocycles. The predicted octanol–water partition coefficient (Wildman–Crippen LogP) is 2.72. The lowest BCUT2D eigenvalue weighted by Gasteiger charge is -2.34. The number of nitriles is 1. The summed E-state index contributed by atoms with van der Waals surface area (Å²) in [5.41, 5.74) is 0. The average Bonchev–Trinajstić information content (AvgIpc) is 2.72. The smallest absolute Gasteiger partial charge is 0.224 e. The molecule has 0 radical (unpaired) electrons. The molecule has 0 spiro atoms. The Hall–Kier alpha value is -1.04. The van der Waals surface area contributed by atoms with E-state index in [1.165, 1.54) is 25.7 Å². The molecule has 94 valence electrons. The molecule has 3 nitrogen and oxygen atoms in total. The number of amides is 1. The zero-order valence-corrected chi connectivity index (χ0v) is 10.7. The van der Waals surface area contributed by atoms with E-state index in [1.54, 1.807) is 0 Å². The minimum atomic E-state index is -0.0594. The predicted molar refractivity (Wildman–Crippen MR) is 66.1 cm³/mol. The number of carbonyl (C=O) groups excluding carboxylic acids is 1. The Morgan fingerprint density at radius 2 is 2.06 bits per heavy atom. The normalized spacial score (nSPS) is 33.8. The topological polar surface area (TPSA) is 44.1 Å². The van der Waals surface area contributed by atoms with Crippen molar-refractivity contribution in [1.29, 1.82) is 5.26 Å². The van der Waals surface area contributed by atoms with Gasteiger partial charge in [-0.3, -0.25) is 4.79 Å². The van der Waals surface area contributed by atoms with Gasteiger partial charge in [-0.1, -0.05) is 19.8 Å². The molecule has 17 heavy (non-hydrogen) atoms. The van der Waals surface area contributed by atoms with Crippen LogP contribution < -0.4 is 0 Å². The molecule has 1 amide bonds. The van der Waals surface area contributed by atoms with Gasteiger partial charge < -0.3 is 4.90 Å². The molecule has 1 unspecified atom stereocenters. The van der Waals surface area contributed by atoms with E-state index in [1.807, 2.05) is 4.90 Å². The second-order valence-electron chi connectivity index (χ2n) is 5.54. The zero-order chi connectivity index (χ0) is 12.3. The van der Waals surface area contributed by atoms with Gasteiger partial charge in [0.1, 0.15) is 0 Å². The van der Waals surface area contributed by atoms with Gasteiger partial charge in [0.05, 0.1) is 12.0 Å². The summed E-state index contributed by atoms with van der Waals surface area (Å²) in [6.07, 6.45) is 7.88. The van der Waals surface area contributed by atoms with Crippen molar-refractivity contribution in [2.24, 2.45) is 11.8 Å². The van der Waals surface area contributed by atoms with Gasteiger partial charge in [0.15, 0.2) is 0 Å². The van der Waals surface area contributed by atoms with Crippen LogP contribution in [0.2, 0.25) is 0 Å². The molecular formula is C14H22N2O. The van der Waals surface area contributed by atoms with Crippen molar-refractivity contribution < 1.29 is 4.79 Å². The van der Waals surface area contributed by atoms with Crippen molar-refractivity contribution >= 4 is 5.91 Å². The van der Waals surface area contributed by atoms with Gasteiger partial charge in [-0.05, 0) is 31.6 Å². The summed E-state index contributed by atoms with van der Waals surface area (Å²) in [5, 5.41) is 8.88. The van der Waals surface area contributed by atoms with Gasteiger partial charge in [-0.2, -0.15) is 5.26 Å². The molecule has 0 aromatic rings. The van der Waals surface area contributed by atoms with Gasteiger partial charge in [0, 0.05) is 19.0 Å². The third kappa shape index (κ3) is 2.80. The number of hydrogen-bond donors (Lipinski definition) is 0. The van der Waals surface area contributed by atoms with Gasteiger partial charge in [-0.15, -0.1) is 0 Å². The third-order valence-electron chi connectivity index (χ3n) is 4.29. The lowest BCUT2D eigenvalue weighted by atomic mass is 9.83. The van der Waals surface area contributed by atoms with Crippen LogP contribution in [0.4, 0.5) is 0 Å². The Morgan fingerprint density at radius 3 is 2.59 bits per heavy atom. The highest BCUT2D eigenvalue weighted by Gasteiger charge is 2.35. The molecule has 3 heteroatoms. The first-order valence-corrected chi connectivity index (χ1v) is 6.93. The van der Waals surface area contributed by atoms with Crippen LogP contribution in [0.5, 0.6) is 0 Å². The van der Waals surface area contributed by atoms with Crippen LogP contribution in [-0.2, 0) is 4.79 Å². The van der Waals surface area contributed by atoms with Crippen molar-refractivity contribution in [3.8, 4) is 6.07 Å². The standard InChI is InChI=1S/C14H22N2O/c1-2-3-11-4-6-13(7-5-11)16-10-12(9-15)8-14(16)17/h11-13H,2-8,10H2,1H3. The van der Waals surface area contributed by atoms with Crippen LogP contribution >= 0.6 is 0 Å². The maximum absolute atomic E-state index is 11.8. The lowest BCUT2D eigenvalue weighted by molar-refractivity contribution is -0.130. The van der Waals surface area contributed by atoms with E-state index in [0.717, 1.165) is 18.8 Å². The van der Waals surface area contributed by atoms with Crippen LogP contribution in [0.15, 0.2) is 0 Å². The molecule has 1 aliphatic carbocycles. The molecule has 0 bridgehead atoms. The Labute approximate surface area is 104 Å². The molecular weight excluding hydrogens is 212 g/mol. The number of nitrogens with zero attached hydrogens (tertiary/aromatic N) is 2. The van der Waals surface area contributed by atoms with E-state index < -0.39 is 0 Å². The molecule has 2 aliphatic rings. The first kappa shape index (κ1) is 12.4. The molecule has 1 heterocycles. The van der Waals surface area contributed by atoms with Gasteiger partial charge in [-0.25, -0.2) is 0 Å². The first-order chi connectivity index (χ1) is 8.24. The largest absolute Gasteiger partial charge is 0.338 e. The fourth-order valence-corrected chi connectivity index (χ4v) is 3.32. The monoisotopic (exact) mass is 234 g/mol. The van der Waals surface area contributed by atoms with Crippen LogP contribution in [0.3, 0.4) is 0 Å². The highest BCUT2D eigenvalue weighted by molar-refractivity contribution is 5.79. The van der Waals surface area contributed by atoms with Gasteiger partial charge in [0.2, 0.25) is 5.91 Å². The van der Waals surface area contributed by atoms with Crippen molar-refractivity contribution in [2.75, 3.05) is 6.54 Å². The quantitative estimate of drug-likeness (QED) is 0.753. The second kappa shape index (κ2) is 5.53. The summed E-state index contributed by atoms with van der Waals surface area (Å²) < 4.78 is 0. The van der Waals surface area contributed by atoms with Crippen molar-refractivity contribution in [1.82, 2.24) is 4.90 Å². The molecule has 0 N–H and O–H groups in total. The average molecular weight is 234 g/mol. The Kier molecular flexibility index (Phi) is 4.04. The van der Waals surface area contributed by atoms with Crippen LogP contribution in [0, 0.1) is 23.2 Å². The molecule has 1 atom stereocenters. The summed E-state index contributed by atoms with van der Waals surface area (Å²) in [5.74, 6) is 1.02. The van der Waals surface area contributed by atoms with E-state index in [0.29, 0.717) is 19.0 Å². The summed E-state index contributed by atoms with van der Waals surface area (Å²) >= 11 is 0. The van der Waals surface area contributed by atoms with E-state index in [-0.39, 0.29) is 11.8 Å². The first-order valence-electron chi connectivity index (χ1n) is 6.93. The molecule has 1 saturated heterocycles. The molecule has 1 aliphatic heterocycles. The van der Waals surface area contributed by atoms with Gasteiger partial charge >= 0.3 is 0 Å². The van der Waals surface area contributed by atoms with Crippen LogP contribution in [-0.4, -0.2) is 23.4 Å². The van der Waals surface area contributed by atoms with E-state index in [9.17, 15) is 4.79 Å². The Bertz CT molecular complexity index is 313. The van der Waals surface area contributed by atoms with Crippen molar-refractivity contribution in [2.45, 2.75) is 57.9 Å². The number of hydrogen-bond acceptors (Lipinski definition) is 2. The minimum absolute atomic E-state index is 0.0594. The highest BCUT2D eigenvalue weighted by Crippen LogP contribution is 2.33. The van der Waals surface area contributed by atoms with E-state index in [4.69, 9.17) is 5.26 Å². The zero-order valence-electron chi connectivity index (χ0n) is 10.7. The minimum Gasteiger partial charge on any atom is -0.338 e.